The van der Waals surface area contributed by atoms with Crippen molar-refractivity contribution in [3.63, 3.8) is 0 Å². The molecule has 4 aromatic rings. The third-order valence-corrected chi connectivity index (χ3v) is 8.79. The van der Waals surface area contributed by atoms with Gasteiger partial charge in [-0.1, -0.05) is 48.5 Å². The molecule has 0 radical (unpaired) electrons. The second-order valence-corrected chi connectivity index (χ2v) is 10.9. The highest BCUT2D eigenvalue weighted by molar-refractivity contribution is 7.89. The number of aromatic nitrogens is 1. The zero-order valence-electron chi connectivity index (χ0n) is 19.5. The molecule has 2 aliphatic heterocycles. The summed E-state index contributed by atoms with van der Waals surface area (Å²) in [5.41, 5.74) is 2.90. The Morgan fingerprint density at radius 1 is 1.00 bits per heavy atom. The molecule has 8 nitrogen and oxygen atoms in total. The molecule has 184 valence electrons. The number of nitrogens with zero attached hydrogens (tertiary/aromatic N) is 2. The molecule has 0 amide bonds. The van der Waals surface area contributed by atoms with E-state index in [-0.39, 0.29) is 24.6 Å². The quantitative estimate of drug-likeness (QED) is 0.442. The van der Waals surface area contributed by atoms with Crippen LogP contribution >= 0.6 is 0 Å². The fourth-order valence-corrected chi connectivity index (χ4v) is 7.20. The highest BCUT2D eigenvalue weighted by atomic mass is 32.2. The van der Waals surface area contributed by atoms with Crippen molar-refractivity contribution in [2.24, 2.45) is 0 Å². The predicted octanol–water partition coefficient (Wildman–Crippen LogP) is 3.97. The fraction of sp³-hybridized carbons (Fsp3) is 0.222. The Kier molecular flexibility index (Phi) is 5.27. The Bertz CT molecular complexity index is 1610. The maximum atomic E-state index is 13.8. The number of sulfonamides is 1. The number of carboxylic acid groups (broad SMARTS) is 1. The molecule has 0 fully saturated rings. The number of aliphatic carboxylic acids is 1. The van der Waals surface area contributed by atoms with Gasteiger partial charge in [-0.15, -0.1) is 0 Å². The predicted molar refractivity (Wildman–Crippen MR) is 133 cm³/mol. The second kappa shape index (κ2) is 8.39. The van der Waals surface area contributed by atoms with Gasteiger partial charge in [0, 0.05) is 22.2 Å². The molecule has 3 aromatic carbocycles. The van der Waals surface area contributed by atoms with Crippen molar-refractivity contribution >= 4 is 26.9 Å². The highest BCUT2D eigenvalue weighted by Gasteiger charge is 2.46. The molecule has 2 aliphatic rings. The first kappa shape index (κ1) is 22.6. The number of benzene rings is 3. The van der Waals surface area contributed by atoms with Gasteiger partial charge in [0.25, 0.3) is 0 Å². The lowest BCUT2D eigenvalue weighted by Crippen LogP contribution is -2.42. The van der Waals surface area contributed by atoms with E-state index in [2.05, 4.69) is 0 Å². The van der Waals surface area contributed by atoms with E-state index in [1.54, 1.807) is 22.8 Å². The van der Waals surface area contributed by atoms with Gasteiger partial charge < -0.3 is 19.1 Å². The van der Waals surface area contributed by atoms with E-state index in [0.717, 1.165) is 16.5 Å². The summed E-state index contributed by atoms with van der Waals surface area (Å²) in [7, 11) is -3.85. The lowest BCUT2D eigenvalue weighted by Gasteiger charge is -2.31. The Hall–Kier alpha value is -3.82. The van der Waals surface area contributed by atoms with Gasteiger partial charge in [0.05, 0.1) is 17.5 Å². The first-order valence-electron chi connectivity index (χ1n) is 11.6. The minimum absolute atomic E-state index is 0.0773. The molecule has 0 aliphatic carbocycles. The van der Waals surface area contributed by atoms with Crippen LogP contribution < -0.4 is 9.47 Å². The largest absolute Gasteiger partial charge is 0.486 e. The number of para-hydroxylation sites is 3. The average molecular weight is 505 g/mol. The summed E-state index contributed by atoms with van der Waals surface area (Å²) in [5.74, 6) is 0.243. The van der Waals surface area contributed by atoms with Crippen molar-refractivity contribution in [1.29, 1.82) is 0 Å². The molecule has 1 aromatic heterocycles. The molecule has 0 saturated heterocycles. The summed E-state index contributed by atoms with van der Waals surface area (Å²) in [6, 6.07) is 21.2. The summed E-state index contributed by atoms with van der Waals surface area (Å²) >= 11 is 0. The molecule has 9 heteroatoms. The van der Waals surface area contributed by atoms with E-state index in [9.17, 15) is 18.3 Å². The number of fused-ring (bicyclic) bond motifs is 3. The van der Waals surface area contributed by atoms with E-state index in [0.29, 0.717) is 22.8 Å². The molecular formula is C27H24N2O6S. The minimum atomic E-state index is -3.85. The molecule has 36 heavy (non-hydrogen) atoms. The Morgan fingerprint density at radius 3 is 2.50 bits per heavy atom. The Labute approximate surface area is 208 Å². The summed E-state index contributed by atoms with van der Waals surface area (Å²) in [6.07, 6.45) is -0.515. The third-order valence-electron chi connectivity index (χ3n) is 6.89. The van der Waals surface area contributed by atoms with Crippen LogP contribution in [0.25, 0.3) is 10.9 Å². The van der Waals surface area contributed by atoms with E-state index in [1.807, 2.05) is 61.5 Å². The number of hydrogen-bond acceptors (Lipinski definition) is 5. The van der Waals surface area contributed by atoms with Crippen LogP contribution in [0.2, 0.25) is 0 Å². The van der Waals surface area contributed by atoms with Crippen LogP contribution in [0.4, 0.5) is 0 Å². The zero-order chi connectivity index (χ0) is 25.0. The molecule has 2 unspecified atom stereocenters. The van der Waals surface area contributed by atoms with E-state index < -0.39 is 28.1 Å². The number of carbonyl (C=O) groups is 1. The molecule has 0 saturated carbocycles. The standard InChI is InChI=1S/C27H24N2O6S/c1-17-26(19-8-2-4-10-21(19)28(17)15-25(30)31)27-20-9-3-7-13-24(20)36(32,33)29(27)14-18-16-34-22-11-5-6-12-23(22)35-18/h2-13,18,27H,14-16H2,1H3,(H,30,31). The lowest BCUT2D eigenvalue weighted by molar-refractivity contribution is -0.137. The van der Waals surface area contributed by atoms with Crippen molar-refractivity contribution in [3.8, 4) is 11.5 Å². The van der Waals surface area contributed by atoms with Gasteiger partial charge in [-0.2, -0.15) is 4.31 Å². The van der Waals surface area contributed by atoms with Crippen LogP contribution in [-0.4, -0.2) is 47.6 Å². The van der Waals surface area contributed by atoms with Crippen molar-refractivity contribution in [2.45, 2.75) is 30.5 Å². The maximum Gasteiger partial charge on any atom is 0.323 e. The molecule has 2 atom stereocenters. The molecular weight excluding hydrogens is 480 g/mol. The number of carboxylic acids is 1. The average Bonchev–Trinajstić information content (AvgIpc) is 3.26. The number of ether oxygens (including phenoxy) is 2. The normalized spacial score (nSPS) is 20.4. The Morgan fingerprint density at radius 2 is 1.69 bits per heavy atom. The SMILES string of the molecule is Cc1c(C2c3ccccc3S(=O)(=O)N2CC2COc3ccccc3O2)c2ccccc2n1CC(=O)O. The lowest BCUT2D eigenvalue weighted by atomic mass is 9.96. The van der Waals surface area contributed by atoms with Gasteiger partial charge in [0.1, 0.15) is 19.3 Å². The van der Waals surface area contributed by atoms with Crippen LogP contribution in [-0.2, 0) is 21.4 Å². The number of rotatable bonds is 5. The van der Waals surface area contributed by atoms with Crippen molar-refractivity contribution in [2.75, 3.05) is 13.2 Å². The Balaban J connectivity index is 1.50. The van der Waals surface area contributed by atoms with Gasteiger partial charge in [-0.25, -0.2) is 8.42 Å². The van der Waals surface area contributed by atoms with Gasteiger partial charge in [0.15, 0.2) is 11.5 Å². The van der Waals surface area contributed by atoms with Crippen LogP contribution in [0.5, 0.6) is 11.5 Å². The summed E-state index contributed by atoms with van der Waals surface area (Å²) < 4.78 is 42.9. The van der Waals surface area contributed by atoms with Crippen LogP contribution in [0, 0.1) is 6.92 Å². The topological polar surface area (TPSA) is 98.1 Å². The summed E-state index contributed by atoms with van der Waals surface area (Å²) in [5, 5.41) is 10.4. The molecule has 6 rings (SSSR count). The molecule has 0 spiro atoms. The number of hydrogen-bond donors (Lipinski definition) is 1. The van der Waals surface area contributed by atoms with E-state index in [1.165, 1.54) is 4.31 Å². The fourth-order valence-electron chi connectivity index (χ4n) is 5.36. The van der Waals surface area contributed by atoms with Crippen molar-refractivity contribution in [1.82, 2.24) is 8.87 Å². The van der Waals surface area contributed by atoms with Gasteiger partial charge in [0.2, 0.25) is 10.0 Å². The molecule has 3 heterocycles. The smallest absolute Gasteiger partial charge is 0.323 e. The van der Waals surface area contributed by atoms with Crippen LogP contribution in [0.15, 0.2) is 77.7 Å². The molecule has 1 N–H and O–H groups in total. The maximum absolute atomic E-state index is 13.8. The molecule has 0 bridgehead atoms. The van der Waals surface area contributed by atoms with E-state index >= 15 is 0 Å². The van der Waals surface area contributed by atoms with Crippen LogP contribution in [0.1, 0.15) is 22.9 Å². The third kappa shape index (κ3) is 3.46. The highest BCUT2D eigenvalue weighted by Crippen LogP contribution is 2.47. The summed E-state index contributed by atoms with van der Waals surface area (Å²) in [4.78, 5) is 11.9. The van der Waals surface area contributed by atoms with Gasteiger partial charge >= 0.3 is 5.97 Å². The van der Waals surface area contributed by atoms with Gasteiger partial charge in [-0.05, 0) is 36.8 Å². The van der Waals surface area contributed by atoms with E-state index in [4.69, 9.17) is 9.47 Å². The monoisotopic (exact) mass is 504 g/mol. The summed E-state index contributed by atoms with van der Waals surface area (Å²) in [6.45, 7) is 1.92. The zero-order valence-corrected chi connectivity index (χ0v) is 20.3. The first-order valence-corrected chi connectivity index (χ1v) is 13.1. The first-order chi connectivity index (χ1) is 17.4. The van der Waals surface area contributed by atoms with Crippen molar-refractivity contribution in [3.05, 3.63) is 89.6 Å². The second-order valence-electron chi connectivity index (χ2n) is 9.01. The van der Waals surface area contributed by atoms with Gasteiger partial charge in [-0.3, -0.25) is 4.79 Å². The van der Waals surface area contributed by atoms with Crippen molar-refractivity contribution < 1.29 is 27.8 Å². The minimum Gasteiger partial charge on any atom is -0.486 e. The van der Waals surface area contributed by atoms with Crippen LogP contribution in [0.3, 0.4) is 0 Å².